The van der Waals surface area contributed by atoms with Crippen molar-refractivity contribution in [3.63, 3.8) is 0 Å². The van der Waals surface area contributed by atoms with Crippen molar-refractivity contribution in [2.24, 2.45) is 4.99 Å². The van der Waals surface area contributed by atoms with E-state index in [9.17, 15) is 4.79 Å². The van der Waals surface area contributed by atoms with Crippen LogP contribution in [0.4, 0.5) is 0 Å². The van der Waals surface area contributed by atoms with Gasteiger partial charge in [-0.1, -0.05) is 18.5 Å². The summed E-state index contributed by atoms with van der Waals surface area (Å²) in [4.78, 5) is 16.3. The minimum Gasteiger partial charge on any atom is -0.357 e. The molecule has 0 unspecified atom stereocenters. The van der Waals surface area contributed by atoms with E-state index in [1.165, 1.54) is 0 Å². The number of carbonyl (C=O) groups is 1. The van der Waals surface area contributed by atoms with E-state index in [1.807, 2.05) is 6.92 Å². The van der Waals surface area contributed by atoms with E-state index in [1.54, 1.807) is 24.3 Å². The molecular formula is C15H23ClN4O. The Morgan fingerprint density at radius 1 is 1.10 bits per heavy atom. The Kier molecular flexibility index (Phi) is 8.28. The molecule has 0 spiro atoms. The van der Waals surface area contributed by atoms with E-state index >= 15 is 0 Å². The average molecular weight is 311 g/mol. The van der Waals surface area contributed by atoms with E-state index < -0.39 is 0 Å². The van der Waals surface area contributed by atoms with Gasteiger partial charge in [-0.2, -0.15) is 0 Å². The first-order valence-corrected chi connectivity index (χ1v) is 7.61. The van der Waals surface area contributed by atoms with Gasteiger partial charge in [0.25, 0.3) is 5.91 Å². The average Bonchev–Trinajstić information content (AvgIpc) is 2.49. The van der Waals surface area contributed by atoms with Crippen molar-refractivity contribution in [2.75, 3.05) is 26.2 Å². The Balaban J connectivity index is 2.32. The van der Waals surface area contributed by atoms with Gasteiger partial charge in [0.15, 0.2) is 5.96 Å². The molecule has 0 atom stereocenters. The molecule has 0 radical (unpaired) electrons. The highest BCUT2D eigenvalue weighted by molar-refractivity contribution is 6.30. The third-order valence-corrected chi connectivity index (χ3v) is 2.90. The number of carbonyl (C=O) groups excluding carboxylic acids is 1. The van der Waals surface area contributed by atoms with Gasteiger partial charge in [-0.05, 0) is 37.6 Å². The molecule has 1 aromatic carbocycles. The van der Waals surface area contributed by atoms with E-state index in [0.29, 0.717) is 23.7 Å². The van der Waals surface area contributed by atoms with Gasteiger partial charge in [0.05, 0.1) is 0 Å². The molecule has 6 heteroatoms. The van der Waals surface area contributed by atoms with Gasteiger partial charge in [-0.15, -0.1) is 0 Å². The zero-order valence-electron chi connectivity index (χ0n) is 12.6. The number of hydrogen-bond donors (Lipinski definition) is 3. The first kappa shape index (κ1) is 17.3. The quantitative estimate of drug-likeness (QED) is 0.410. The molecule has 0 aromatic heterocycles. The minimum atomic E-state index is -0.107. The fraction of sp³-hybridized carbons (Fsp3) is 0.467. The van der Waals surface area contributed by atoms with Crippen LogP contribution >= 0.6 is 11.6 Å². The van der Waals surface area contributed by atoms with Crippen LogP contribution in [-0.2, 0) is 0 Å². The summed E-state index contributed by atoms with van der Waals surface area (Å²) in [7, 11) is 0. The zero-order valence-corrected chi connectivity index (χ0v) is 13.3. The van der Waals surface area contributed by atoms with Crippen LogP contribution in [0.5, 0.6) is 0 Å². The van der Waals surface area contributed by atoms with Crippen LogP contribution in [0.1, 0.15) is 30.6 Å². The van der Waals surface area contributed by atoms with Crippen LogP contribution in [0, 0.1) is 0 Å². The fourth-order valence-corrected chi connectivity index (χ4v) is 1.75. The SMILES string of the molecule is CCCN=C(NCC)NCCNC(=O)c1ccc(Cl)cc1. The van der Waals surface area contributed by atoms with Crippen LogP contribution < -0.4 is 16.0 Å². The van der Waals surface area contributed by atoms with Crippen LogP contribution in [0.3, 0.4) is 0 Å². The van der Waals surface area contributed by atoms with Gasteiger partial charge < -0.3 is 16.0 Å². The molecule has 0 saturated heterocycles. The summed E-state index contributed by atoms with van der Waals surface area (Å²) in [5.74, 6) is 0.670. The Morgan fingerprint density at radius 2 is 1.76 bits per heavy atom. The standard InChI is InChI=1S/C15H23ClN4O/c1-3-9-19-15(17-4-2)20-11-10-18-14(21)12-5-7-13(16)8-6-12/h5-8H,3-4,9-11H2,1-2H3,(H,18,21)(H2,17,19,20). The molecule has 0 saturated carbocycles. The van der Waals surface area contributed by atoms with Gasteiger partial charge in [0.2, 0.25) is 0 Å². The Labute approximate surface area is 131 Å². The Hall–Kier alpha value is -1.75. The molecule has 0 heterocycles. The summed E-state index contributed by atoms with van der Waals surface area (Å²) in [6.07, 6.45) is 1.00. The second-order valence-electron chi connectivity index (χ2n) is 4.45. The van der Waals surface area contributed by atoms with Crippen LogP contribution in [0.25, 0.3) is 0 Å². The first-order chi connectivity index (χ1) is 10.2. The molecular weight excluding hydrogens is 288 g/mol. The van der Waals surface area contributed by atoms with E-state index in [0.717, 1.165) is 25.5 Å². The number of amides is 1. The molecule has 1 aromatic rings. The molecule has 3 N–H and O–H groups in total. The lowest BCUT2D eigenvalue weighted by Gasteiger charge is -2.11. The summed E-state index contributed by atoms with van der Waals surface area (Å²) < 4.78 is 0. The van der Waals surface area contributed by atoms with Gasteiger partial charge >= 0.3 is 0 Å². The van der Waals surface area contributed by atoms with E-state index in [4.69, 9.17) is 11.6 Å². The third-order valence-electron chi connectivity index (χ3n) is 2.65. The first-order valence-electron chi connectivity index (χ1n) is 7.23. The van der Waals surface area contributed by atoms with Crippen molar-refractivity contribution in [3.8, 4) is 0 Å². The van der Waals surface area contributed by atoms with Crippen molar-refractivity contribution in [2.45, 2.75) is 20.3 Å². The lowest BCUT2D eigenvalue weighted by Crippen LogP contribution is -2.41. The highest BCUT2D eigenvalue weighted by Gasteiger charge is 2.04. The lowest BCUT2D eigenvalue weighted by atomic mass is 10.2. The van der Waals surface area contributed by atoms with Gasteiger partial charge in [-0.25, -0.2) is 0 Å². The number of benzene rings is 1. The molecule has 21 heavy (non-hydrogen) atoms. The molecule has 1 amide bonds. The number of hydrogen-bond acceptors (Lipinski definition) is 2. The molecule has 0 aliphatic heterocycles. The summed E-state index contributed by atoms with van der Waals surface area (Å²) in [6, 6.07) is 6.82. The minimum absolute atomic E-state index is 0.107. The van der Waals surface area contributed by atoms with Crippen molar-refractivity contribution in [1.29, 1.82) is 0 Å². The Bertz CT molecular complexity index is 459. The summed E-state index contributed by atoms with van der Waals surface area (Å²) >= 11 is 5.79. The predicted octanol–water partition coefficient (Wildman–Crippen LogP) is 2.03. The lowest BCUT2D eigenvalue weighted by molar-refractivity contribution is 0.0954. The van der Waals surface area contributed by atoms with E-state index in [2.05, 4.69) is 27.9 Å². The maximum absolute atomic E-state index is 11.9. The topological polar surface area (TPSA) is 65.5 Å². The molecule has 1 rings (SSSR count). The fourth-order valence-electron chi connectivity index (χ4n) is 1.63. The molecule has 0 aliphatic carbocycles. The van der Waals surface area contributed by atoms with Crippen molar-refractivity contribution >= 4 is 23.5 Å². The molecule has 0 aliphatic rings. The third kappa shape index (κ3) is 6.99. The monoisotopic (exact) mass is 310 g/mol. The van der Waals surface area contributed by atoms with Gasteiger partial charge in [-0.3, -0.25) is 9.79 Å². The number of halogens is 1. The highest BCUT2D eigenvalue weighted by Crippen LogP contribution is 2.08. The number of aliphatic imine (C=N–C) groups is 1. The number of guanidine groups is 1. The van der Waals surface area contributed by atoms with Crippen LogP contribution in [0.2, 0.25) is 5.02 Å². The summed E-state index contributed by atoms with van der Waals surface area (Å²) in [5, 5.41) is 9.80. The second-order valence-corrected chi connectivity index (χ2v) is 4.89. The summed E-state index contributed by atoms with van der Waals surface area (Å²) in [5.41, 5.74) is 0.603. The maximum Gasteiger partial charge on any atom is 0.251 e. The van der Waals surface area contributed by atoms with Crippen LogP contribution in [0.15, 0.2) is 29.3 Å². The molecule has 116 valence electrons. The molecule has 5 nitrogen and oxygen atoms in total. The normalized spacial score (nSPS) is 11.1. The molecule has 0 bridgehead atoms. The number of nitrogens with one attached hydrogen (secondary N) is 3. The second kappa shape index (κ2) is 10.0. The Morgan fingerprint density at radius 3 is 2.38 bits per heavy atom. The van der Waals surface area contributed by atoms with Crippen molar-refractivity contribution in [1.82, 2.24) is 16.0 Å². The van der Waals surface area contributed by atoms with Gasteiger partial charge in [0, 0.05) is 36.8 Å². The smallest absolute Gasteiger partial charge is 0.251 e. The number of nitrogens with zero attached hydrogens (tertiary/aromatic N) is 1. The van der Waals surface area contributed by atoms with Gasteiger partial charge in [0.1, 0.15) is 0 Å². The van der Waals surface area contributed by atoms with Crippen molar-refractivity contribution in [3.05, 3.63) is 34.9 Å². The highest BCUT2D eigenvalue weighted by atomic mass is 35.5. The maximum atomic E-state index is 11.9. The number of rotatable bonds is 7. The largest absolute Gasteiger partial charge is 0.357 e. The van der Waals surface area contributed by atoms with Crippen molar-refractivity contribution < 1.29 is 4.79 Å². The summed E-state index contributed by atoms with van der Waals surface area (Å²) in [6.45, 7) is 6.84. The van der Waals surface area contributed by atoms with E-state index in [-0.39, 0.29) is 5.91 Å². The molecule has 0 fully saturated rings. The zero-order chi connectivity index (χ0) is 15.5. The van der Waals surface area contributed by atoms with Crippen LogP contribution in [-0.4, -0.2) is 38.0 Å². The predicted molar refractivity (Wildman–Crippen MR) is 88.1 cm³/mol.